The molecule has 0 saturated heterocycles. The normalized spacial score (nSPS) is 10.5. The molecule has 21 heavy (non-hydrogen) atoms. The van der Waals surface area contributed by atoms with Crippen molar-refractivity contribution < 1.29 is 14.3 Å². The fourth-order valence-electron chi connectivity index (χ4n) is 1.74. The van der Waals surface area contributed by atoms with E-state index >= 15 is 0 Å². The second-order valence-electron chi connectivity index (χ2n) is 5.14. The number of carbonyl (C=O) groups is 2. The van der Waals surface area contributed by atoms with Gasteiger partial charge in [0.2, 0.25) is 0 Å². The quantitative estimate of drug-likeness (QED) is 0.592. The highest BCUT2D eigenvalue weighted by Gasteiger charge is 2.12. The van der Waals surface area contributed by atoms with E-state index in [9.17, 15) is 9.59 Å². The first-order valence-electron chi connectivity index (χ1n) is 7.23. The Morgan fingerprint density at radius 1 is 1.14 bits per heavy atom. The molecular weight excluding hydrogens is 268 g/mol. The summed E-state index contributed by atoms with van der Waals surface area (Å²) in [7, 11) is 0. The van der Waals surface area contributed by atoms with Crippen LogP contribution in [0.3, 0.4) is 0 Å². The number of aryl methyl sites for hydroxylation is 1. The SMILES string of the molecule is Cc1ccccc1CNC(=O)C(=O)NCCCOC(C)C. The first-order valence-corrected chi connectivity index (χ1v) is 7.23. The Morgan fingerprint density at radius 3 is 2.48 bits per heavy atom. The van der Waals surface area contributed by atoms with E-state index in [1.165, 1.54) is 0 Å². The Hall–Kier alpha value is -1.88. The van der Waals surface area contributed by atoms with Gasteiger partial charge >= 0.3 is 11.8 Å². The highest BCUT2D eigenvalue weighted by atomic mass is 16.5. The van der Waals surface area contributed by atoms with Gasteiger partial charge in [-0.2, -0.15) is 0 Å². The van der Waals surface area contributed by atoms with Gasteiger partial charge in [0.15, 0.2) is 0 Å². The van der Waals surface area contributed by atoms with E-state index in [4.69, 9.17) is 4.74 Å². The molecule has 1 aromatic carbocycles. The van der Waals surface area contributed by atoms with E-state index in [2.05, 4.69) is 10.6 Å². The molecule has 2 amide bonds. The van der Waals surface area contributed by atoms with Crippen molar-refractivity contribution in [3.05, 3.63) is 35.4 Å². The third-order valence-electron chi connectivity index (χ3n) is 2.96. The maximum atomic E-state index is 11.6. The lowest BCUT2D eigenvalue weighted by molar-refractivity contribution is -0.139. The maximum Gasteiger partial charge on any atom is 0.309 e. The summed E-state index contributed by atoms with van der Waals surface area (Å²) in [4.78, 5) is 23.2. The summed E-state index contributed by atoms with van der Waals surface area (Å²) >= 11 is 0. The van der Waals surface area contributed by atoms with E-state index in [1.807, 2.05) is 45.0 Å². The molecule has 1 aromatic rings. The number of hydrogen-bond donors (Lipinski definition) is 2. The van der Waals surface area contributed by atoms with Crippen molar-refractivity contribution in [2.45, 2.75) is 39.8 Å². The van der Waals surface area contributed by atoms with Crippen LogP contribution in [0.1, 0.15) is 31.4 Å². The molecule has 0 fully saturated rings. The van der Waals surface area contributed by atoms with E-state index in [0.717, 1.165) is 11.1 Å². The number of hydrogen-bond acceptors (Lipinski definition) is 3. The molecule has 1 rings (SSSR count). The zero-order chi connectivity index (χ0) is 15.7. The second-order valence-corrected chi connectivity index (χ2v) is 5.14. The van der Waals surface area contributed by atoms with Crippen molar-refractivity contribution in [1.29, 1.82) is 0 Å². The Kier molecular flexibility index (Phi) is 7.46. The van der Waals surface area contributed by atoms with Crippen molar-refractivity contribution in [2.24, 2.45) is 0 Å². The topological polar surface area (TPSA) is 67.4 Å². The van der Waals surface area contributed by atoms with Gasteiger partial charge in [-0.3, -0.25) is 9.59 Å². The fourth-order valence-corrected chi connectivity index (χ4v) is 1.74. The number of carbonyl (C=O) groups excluding carboxylic acids is 2. The first-order chi connectivity index (χ1) is 10.0. The summed E-state index contributed by atoms with van der Waals surface area (Å²) in [5.74, 6) is -1.21. The molecule has 5 nitrogen and oxygen atoms in total. The zero-order valence-corrected chi connectivity index (χ0v) is 12.9. The molecule has 0 aliphatic carbocycles. The summed E-state index contributed by atoms with van der Waals surface area (Å²) in [6.07, 6.45) is 0.868. The third kappa shape index (κ3) is 6.90. The van der Waals surface area contributed by atoms with Crippen LogP contribution in [0.4, 0.5) is 0 Å². The van der Waals surface area contributed by atoms with Crippen LogP contribution in [-0.4, -0.2) is 31.1 Å². The van der Waals surface area contributed by atoms with Gasteiger partial charge in [0, 0.05) is 19.7 Å². The predicted molar refractivity (Wildman–Crippen MR) is 81.7 cm³/mol. The molecule has 0 atom stereocenters. The van der Waals surface area contributed by atoms with Crippen LogP contribution < -0.4 is 10.6 Å². The summed E-state index contributed by atoms with van der Waals surface area (Å²) in [6.45, 7) is 7.24. The molecule has 2 N–H and O–H groups in total. The van der Waals surface area contributed by atoms with Crippen molar-refractivity contribution in [3.63, 3.8) is 0 Å². The lowest BCUT2D eigenvalue weighted by Gasteiger charge is -2.09. The Morgan fingerprint density at radius 2 is 1.81 bits per heavy atom. The molecule has 0 aliphatic rings. The van der Waals surface area contributed by atoms with Gasteiger partial charge in [0.25, 0.3) is 0 Å². The van der Waals surface area contributed by atoms with Crippen molar-refractivity contribution in [3.8, 4) is 0 Å². The van der Waals surface area contributed by atoms with Gasteiger partial charge < -0.3 is 15.4 Å². The largest absolute Gasteiger partial charge is 0.379 e. The lowest BCUT2D eigenvalue weighted by Crippen LogP contribution is -2.40. The number of nitrogens with one attached hydrogen (secondary N) is 2. The van der Waals surface area contributed by atoms with Crippen LogP contribution in [0.15, 0.2) is 24.3 Å². The van der Waals surface area contributed by atoms with Crippen molar-refractivity contribution in [1.82, 2.24) is 10.6 Å². The first kappa shape index (κ1) is 17.2. The highest BCUT2D eigenvalue weighted by Crippen LogP contribution is 2.05. The molecule has 0 unspecified atom stereocenters. The van der Waals surface area contributed by atoms with E-state index in [1.54, 1.807) is 0 Å². The van der Waals surface area contributed by atoms with Crippen LogP contribution in [0, 0.1) is 6.92 Å². The van der Waals surface area contributed by atoms with Crippen LogP contribution in [0.5, 0.6) is 0 Å². The zero-order valence-electron chi connectivity index (χ0n) is 12.9. The third-order valence-corrected chi connectivity index (χ3v) is 2.96. The Labute approximate surface area is 126 Å². The molecule has 0 heterocycles. The molecule has 0 saturated carbocycles. The molecule has 116 valence electrons. The van der Waals surface area contributed by atoms with Gasteiger partial charge in [-0.1, -0.05) is 24.3 Å². The minimum Gasteiger partial charge on any atom is -0.379 e. The summed E-state index contributed by atoms with van der Waals surface area (Å²) in [6, 6.07) is 7.74. The Bertz CT molecular complexity index is 472. The number of amides is 2. The van der Waals surface area contributed by atoms with Gasteiger partial charge in [-0.05, 0) is 38.3 Å². The van der Waals surface area contributed by atoms with E-state index in [0.29, 0.717) is 26.1 Å². The number of ether oxygens (including phenoxy) is 1. The van der Waals surface area contributed by atoms with Crippen LogP contribution in [0.25, 0.3) is 0 Å². The van der Waals surface area contributed by atoms with Gasteiger partial charge in [0.1, 0.15) is 0 Å². The average molecular weight is 292 g/mol. The minimum absolute atomic E-state index is 0.179. The standard InChI is InChI=1S/C16H24N2O3/c1-12(2)21-10-6-9-17-15(19)16(20)18-11-14-8-5-4-7-13(14)3/h4-5,7-8,12H,6,9-11H2,1-3H3,(H,17,19)(H,18,20). The predicted octanol–water partition coefficient (Wildman–Crippen LogP) is 1.54. The smallest absolute Gasteiger partial charge is 0.309 e. The molecular formula is C16H24N2O3. The molecule has 5 heteroatoms. The number of rotatable bonds is 7. The molecule has 0 aromatic heterocycles. The summed E-state index contributed by atoms with van der Waals surface area (Å²) in [5, 5.41) is 5.19. The van der Waals surface area contributed by atoms with Crippen LogP contribution in [-0.2, 0) is 20.9 Å². The van der Waals surface area contributed by atoms with Crippen molar-refractivity contribution in [2.75, 3.05) is 13.2 Å². The molecule has 0 bridgehead atoms. The highest BCUT2D eigenvalue weighted by molar-refractivity contribution is 6.35. The van der Waals surface area contributed by atoms with Crippen molar-refractivity contribution >= 4 is 11.8 Å². The van der Waals surface area contributed by atoms with Crippen LogP contribution in [0.2, 0.25) is 0 Å². The average Bonchev–Trinajstić information content (AvgIpc) is 2.45. The van der Waals surface area contributed by atoms with Gasteiger partial charge in [-0.15, -0.1) is 0 Å². The maximum absolute atomic E-state index is 11.6. The summed E-state index contributed by atoms with van der Waals surface area (Å²) in [5.41, 5.74) is 2.09. The van der Waals surface area contributed by atoms with E-state index < -0.39 is 11.8 Å². The van der Waals surface area contributed by atoms with E-state index in [-0.39, 0.29) is 6.10 Å². The lowest BCUT2D eigenvalue weighted by atomic mass is 10.1. The molecule has 0 spiro atoms. The van der Waals surface area contributed by atoms with Gasteiger partial charge in [0.05, 0.1) is 6.10 Å². The summed E-state index contributed by atoms with van der Waals surface area (Å²) < 4.78 is 5.35. The second kappa shape index (κ2) is 9.13. The minimum atomic E-state index is -0.608. The monoisotopic (exact) mass is 292 g/mol. The Balaban J connectivity index is 2.22. The fraction of sp³-hybridized carbons (Fsp3) is 0.500. The molecule has 0 radical (unpaired) electrons. The number of benzene rings is 1. The molecule has 0 aliphatic heterocycles. The van der Waals surface area contributed by atoms with Crippen LogP contribution >= 0.6 is 0 Å². The van der Waals surface area contributed by atoms with Gasteiger partial charge in [-0.25, -0.2) is 0 Å².